The van der Waals surface area contributed by atoms with Gasteiger partial charge >= 0.3 is 0 Å². The van der Waals surface area contributed by atoms with Gasteiger partial charge < -0.3 is 14.2 Å². The molecule has 1 heterocycles. The van der Waals surface area contributed by atoms with Gasteiger partial charge in [0.25, 0.3) is 5.91 Å². The summed E-state index contributed by atoms with van der Waals surface area (Å²) in [5.74, 6) is 1.91. The molecule has 0 atom stereocenters. The Kier molecular flexibility index (Phi) is 6.84. The molecule has 1 aliphatic rings. The van der Waals surface area contributed by atoms with Crippen molar-refractivity contribution in [2.24, 2.45) is 0 Å². The predicted molar refractivity (Wildman–Crippen MR) is 126 cm³/mol. The average Bonchev–Trinajstić information content (AvgIpc) is 2.97. The van der Waals surface area contributed by atoms with Crippen LogP contribution in [0.25, 0.3) is 6.08 Å². The first-order valence-corrected chi connectivity index (χ1v) is 10.7. The Morgan fingerprint density at radius 2 is 1.89 bits per heavy atom. The van der Waals surface area contributed by atoms with Gasteiger partial charge in [0.15, 0.2) is 15.8 Å². The van der Waals surface area contributed by atoms with E-state index in [0.29, 0.717) is 33.0 Å². The molecule has 0 unspecified atom stereocenters. The normalized spacial score (nSPS) is 15.3. The Morgan fingerprint density at radius 1 is 1.18 bits per heavy atom. The van der Waals surface area contributed by atoms with E-state index >= 15 is 0 Å². The number of halogens is 1. The fourth-order valence-electron chi connectivity index (χ4n) is 2.68. The fourth-order valence-corrected chi connectivity index (χ4v) is 4.76. The van der Waals surface area contributed by atoms with Crippen molar-refractivity contribution in [1.29, 1.82) is 0 Å². The van der Waals surface area contributed by atoms with Gasteiger partial charge in [0, 0.05) is 0 Å². The van der Waals surface area contributed by atoms with E-state index in [2.05, 4.69) is 22.6 Å². The number of carbonyl (C=O) groups is 1. The van der Waals surface area contributed by atoms with Gasteiger partial charge in [-0.25, -0.2) is 0 Å². The minimum atomic E-state index is -0.150. The van der Waals surface area contributed by atoms with Gasteiger partial charge in [-0.1, -0.05) is 24.0 Å². The van der Waals surface area contributed by atoms with Crippen LogP contribution in [-0.2, 0) is 4.79 Å². The topological polar surface area (TPSA) is 48.0 Å². The lowest BCUT2D eigenvalue weighted by molar-refractivity contribution is -0.113. The number of hydrogen-bond donors (Lipinski definition) is 0. The molecule has 3 rings (SSSR count). The number of carbonyl (C=O) groups excluding carboxylic acids is 1. The lowest BCUT2D eigenvalue weighted by Crippen LogP contribution is -2.27. The highest BCUT2D eigenvalue weighted by molar-refractivity contribution is 14.1. The Labute approximate surface area is 187 Å². The number of amides is 1. The lowest BCUT2D eigenvalue weighted by atomic mass is 10.1. The van der Waals surface area contributed by atoms with Crippen LogP contribution in [0.4, 0.5) is 5.69 Å². The molecule has 1 fully saturated rings. The molecule has 0 aromatic heterocycles. The van der Waals surface area contributed by atoms with Crippen molar-refractivity contribution >= 4 is 68.6 Å². The smallest absolute Gasteiger partial charge is 0.270 e. The molecule has 5 nitrogen and oxygen atoms in total. The SMILES string of the molecule is CCOc1c(I)cc(/C=C2\SC(=S)N(c3ccc(OC)cc3)C2=O)cc1OC. The Morgan fingerprint density at radius 3 is 2.50 bits per heavy atom. The third-order valence-electron chi connectivity index (χ3n) is 3.96. The van der Waals surface area contributed by atoms with Crippen LogP contribution >= 0.6 is 46.6 Å². The van der Waals surface area contributed by atoms with Crippen LogP contribution in [0.5, 0.6) is 17.2 Å². The lowest BCUT2D eigenvalue weighted by Gasteiger charge is -2.14. The zero-order valence-electron chi connectivity index (χ0n) is 15.5. The van der Waals surface area contributed by atoms with Gasteiger partial charge in [0.05, 0.1) is 35.0 Å². The number of nitrogens with zero attached hydrogens (tertiary/aromatic N) is 1. The van der Waals surface area contributed by atoms with Crippen LogP contribution in [0.3, 0.4) is 0 Å². The Hall–Kier alpha value is -1.78. The molecule has 0 N–H and O–H groups in total. The molecule has 28 heavy (non-hydrogen) atoms. The number of methoxy groups -OCH3 is 2. The largest absolute Gasteiger partial charge is 0.497 e. The van der Waals surface area contributed by atoms with Crippen LogP contribution < -0.4 is 19.1 Å². The summed E-state index contributed by atoms with van der Waals surface area (Å²) in [6.45, 7) is 2.47. The van der Waals surface area contributed by atoms with Crippen molar-refractivity contribution in [2.45, 2.75) is 6.92 Å². The van der Waals surface area contributed by atoms with Gasteiger partial charge in [0.2, 0.25) is 0 Å². The van der Waals surface area contributed by atoms with Crippen LogP contribution in [-0.4, -0.2) is 31.1 Å². The van der Waals surface area contributed by atoms with Crippen LogP contribution in [0.1, 0.15) is 12.5 Å². The zero-order valence-corrected chi connectivity index (χ0v) is 19.3. The number of ether oxygens (including phenoxy) is 3. The number of anilines is 1. The average molecular weight is 527 g/mol. The first-order valence-electron chi connectivity index (χ1n) is 8.40. The number of benzene rings is 2. The molecule has 1 aliphatic heterocycles. The van der Waals surface area contributed by atoms with E-state index in [-0.39, 0.29) is 5.91 Å². The van der Waals surface area contributed by atoms with Crippen LogP contribution in [0.2, 0.25) is 0 Å². The number of rotatable bonds is 6. The summed E-state index contributed by atoms with van der Waals surface area (Å²) >= 11 is 8.91. The van der Waals surface area contributed by atoms with E-state index in [1.807, 2.05) is 37.3 Å². The second-order valence-electron chi connectivity index (χ2n) is 5.68. The highest BCUT2D eigenvalue weighted by Crippen LogP contribution is 2.39. The summed E-state index contributed by atoms with van der Waals surface area (Å²) in [4.78, 5) is 15.0. The van der Waals surface area contributed by atoms with Crippen molar-refractivity contribution in [3.05, 3.63) is 50.4 Å². The standard InChI is InChI=1S/C20H18INO4S2/c1-4-26-18-15(21)9-12(10-16(18)25-3)11-17-19(23)22(20(27)28-17)13-5-7-14(24-2)8-6-13/h5-11H,4H2,1-3H3/b17-11-. The molecule has 146 valence electrons. The summed E-state index contributed by atoms with van der Waals surface area (Å²) in [6, 6.07) is 11.0. The first-order chi connectivity index (χ1) is 13.5. The fraction of sp³-hybridized carbons (Fsp3) is 0.200. The highest BCUT2D eigenvalue weighted by Gasteiger charge is 2.33. The van der Waals surface area contributed by atoms with Gasteiger partial charge in [-0.05, 0) is 77.6 Å². The molecule has 0 spiro atoms. The second kappa shape index (κ2) is 9.15. The molecule has 2 aromatic carbocycles. The maximum atomic E-state index is 12.9. The Bertz CT molecular complexity index is 944. The van der Waals surface area contributed by atoms with Crippen molar-refractivity contribution in [1.82, 2.24) is 0 Å². The van der Waals surface area contributed by atoms with E-state index in [0.717, 1.165) is 14.9 Å². The van der Waals surface area contributed by atoms with Gasteiger partial charge in [-0.15, -0.1) is 0 Å². The molecule has 0 radical (unpaired) electrons. The van der Waals surface area contributed by atoms with E-state index in [1.54, 1.807) is 26.4 Å². The molecule has 0 bridgehead atoms. The van der Waals surface area contributed by atoms with Crippen molar-refractivity contribution in [2.75, 3.05) is 25.7 Å². The summed E-state index contributed by atoms with van der Waals surface area (Å²) in [7, 11) is 3.20. The summed E-state index contributed by atoms with van der Waals surface area (Å²) < 4.78 is 17.7. The van der Waals surface area contributed by atoms with Crippen LogP contribution in [0, 0.1) is 3.57 Å². The third-order valence-corrected chi connectivity index (χ3v) is 6.07. The Balaban J connectivity index is 1.92. The maximum absolute atomic E-state index is 12.9. The zero-order chi connectivity index (χ0) is 20.3. The molecule has 1 saturated heterocycles. The monoisotopic (exact) mass is 527 g/mol. The molecule has 0 aliphatic carbocycles. The minimum absolute atomic E-state index is 0.150. The van der Waals surface area contributed by atoms with E-state index in [9.17, 15) is 4.79 Å². The molecular formula is C20H18INO4S2. The maximum Gasteiger partial charge on any atom is 0.270 e. The highest BCUT2D eigenvalue weighted by atomic mass is 127. The number of thiocarbonyl (C=S) groups is 1. The first kappa shape index (κ1) is 20.9. The van der Waals surface area contributed by atoms with Crippen molar-refractivity contribution in [3.63, 3.8) is 0 Å². The minimum Gasteiger partial charge on any atom is -0.497 e. The molecule has 1 amide bonds. The summed E-state index contributed by atoms with van der Waals surface area (Å²) in [5.41, 5.74) is 1.56. The van der Waals surface area contributed by atoms with E-state index in [1.165, 1.54) is 16.7 Å². The summed E-state index contributed by atoms with van der Waals surface area (Å²) in [6.07, 6.45) is 1.82. The van der Waals surface area contributed by atoms with E-state index < -0.39 is 0 Å². The summed E-state index contributed by atoms with van der Waals surface area (Å²) in [5, 5.41) is 0. The van der Waals surface area contributed by atoms with Crippen LogP contribution in [0.15, 0.2) is 41.3 Å². The molecule has 2 aromatic rings. The van der Waals surface area contributed by atoms with E-state index in [4.69, 9.17) is 26.4 Å². The number of hydrogen-bond acceptors (Lipinski definition) is 6. The van der Waals surface area contributed by atoms with Crippen molar-refractivity contribution in [3.8, 4) is 17.2 Å². The quantitative estimate of drug-likeness (QED) is 0.296. The van der Waals surface area contributed by atoms with Crippen molar-refractivity contribution < 1.29 is 19.0 Å². The third kappa shape index (κ3) is 4.28. The molecular weight excluding hydrogens is 509 g/mol. The second-order valence-corrected chi connectivity index (χ2v) is 8.52. The molecule has 8 heteroatoms. The van der Waals surface area contributed by atoms with Gasteiger partial charge in [-0.3, -0.25) is 9.69 Å². The van der Waals surface area contributed by atoms with Gasteiger partial charge in [0.1, 0.15) is 5.75 Å². The predicted octanol–water partition coefficient (Wildman–Crippen LogP) is 5.11. The van der Waals surface area contributed by atoms with Gasteiger partial charge in [-0.2, -0.15) is 0 Å². The molecule has 0 saturated carbocycles. The number of thioether (sulfide) groups is 1.